The average molecular weight is 258 g/mol. The number of rotatable bonds is 1. The van der Waals surface area contributed by atoms with Crippen molar-refractivity contribution >= 4 is 11.4 Å². The third kappa shape index (κ3) is 1.58. The van der Waals surface area contributed by atoms with Crippen LogP contribution in [0.2, 0.25) is 0 Å². The number of nitrogens with zero attached hydrogens (tertiary/aromatic N) is 1. The Bertz CT molecular complexity index is 553. The summed E-state index contributed by atoms with van der Waals surface area (Å²) in [7, 11) is 0. The van der Waals surface area contributed by atoms with Crippen molar-refractivity contribution in [3.8, 4) is 0 Å². The molecule has 4 nitrogen and oxygen atoms in total. The van der Waals surface area contributed by atoms with E-state index in [0.717, 1.165) is 12.2 Å². The quantitative estimate of drug-likeness (QED) is 0.618. The summed E-state index contributed by atoms with van der Waals surface area (Å²) in [4.78, 5) is 10.7. The molecule has 4 rings (SSSR count). The molecule has 1 N–H and O–H groups in total. The molecular formula is C15H18N2O2. The molecule has 0 unspecified atom stereocenters. The Morgan fingerprint density at radius 3 is 2.42 bits per heavy atom. The third-order valence-corrected chi connectivity index (χ3v) is 5.63. The van der Waals surface area contributed by atoms with Crippen molar-refractivity contribution in [2.45, 2.75) is 43.9 Å². The topological polar surface area (TPSA) is 55.2 Å². The highest BCUT2D eigenvalue weighted by molar-refractivity contribution is 5.64. The van der Waals surface area contributed by atoms with Crippen LogP contribution in [0.1, 0.15) is 44.1 Å². The smallest absolute Gasteiger partial charge is 0.269 e. The number of anilines is 1. The van der Waals surface area contributed by atoms with Gasteiger partial charge in [-0.15, -0.1) is 0 Å². The standard InChI is InChI=1S/C15H18N2O2/c18-17(19)11-1-2-13-12(9-11)15(10-16-13)7-5-14(3-4-14)6-8-15/h1-2,9,16H,3-8,10H2. The maximum Gasteiger partial charge on any atom is 0.269 e. The Morgan fingerprint density at radius 2 is 1.79 bits per heavy atom. The van der Waals surface area contributed by atoms with Crippen LogP contribution < -0.4 is 5.32 Å². The normalized spacial score (nSPS) is 25.1. The van der Waals surface area contributed by atoms with Crippen LogP contribution in [0.25, 0.3) is 0 Å². The molecule has 1 aromatic carbocycles. The molecule has 100 valence electrons. The summed E-state index contributed by atoms with van der Waals surface area (Å²) >= 11 is 0. The summed E-state index contributed by atoms with van der Waals surface area (Å²) < 4.78 is 0. The molecule has 1 aliphatic heterocycles. The largest absolute Gasteiger partial charge is 0.384 e. The van der Waals surface area contributed by atoms with Crippen LogP contribution >= 0.6 is 0 Å². The monoisotopic (exact) mass is 258 g/mol. The van der Waals surface area contributed by atoms with Gasteiger partial charge in [-0.25, -0.2) is 0 Å². The molecule has 2 spiro atoms. The molecule has 0 atom stereocenters. The van der Waals surface area contributed by atoms with Crippen molar-refractivity contribution in [1.82, 2.24) is 0 Å². The highest BCUT2D eigenvalue weighted by Gasteiger charge is 2.51. The van der Waals surface area contributed by atoms with Crippen molar-refractivity contribution in [2.75, 3.05) is 11.9 Å². The van der Waals surface area contributed by atoms with Gasteiger partial charge < -0.3 is 5.32 Å². The Hall–Kier alpha value is -1.58. The van der Waals surface area contributed by atoms with E-state index in [0.29, 0.717) is 5.41 Å². The Labute approximate surface area is 112 Å². The lowest BCUT2D eigenvalue weighted by Crippen LogP contribution is -2.34. The van der Waals surface area contributed by atoms with Crippen molar-refractivity contribution in [3.05, 3.63) is 33.9 Å². The zero-order chi connectivity index (χ0) is 13.1. The van der Waals surface area contributed by atoms with Crippen molar-refractivity contribution in [3.63, 3.8) is 0 Å². The van der Waals surface area contributed by atoms with Crippen LogP contribution in [0.3, 0.4) is 0 Å². The van der Waals surface area contributed by atoms with E-state index in [-0.39, 0.29) is 16.0 Å². The van der Waals surface area contributed by atoms with Crippen molar-refractivity contribution in [1.29, 1.82) is 0 Å². The molecule has 19 heavy (non-hydrogen) atoms. The van der Waals surface area contributed by atoms with E-state index in [2.05, 4.69) is 5.32 Å². The van der Waals surface area contributed by atoms with Gasteiger partial charge in [-0.05, 0) is 55.6 Å². The van der Waals surface area contributed by atoms with Crippen molar-refractivity contribution in [2.24, 2.45) is 5.41 Å². The van der Waals surface area contributed by atoms with E-state index in [1.54, 1.807) is 12.1 Å². The molecule has 1 heterocycles. The highest BCUT2D eigenvalue weighted by atomic mass is 16.6. The van der Waals surface area contributed by atoms with Crippen LogP contribution in [0.4, 0.5) is 11.4 Å². The van der Waals surface area contributed by atoms with E-state index in [4.69, 9.17) is 0 Å². The van der Waals surface area contributed by atoms with Gasteiger partial charge in [0.2, 0.25) is 0 Å². The second-order valence-corrected chi connectivity index (χ2v) is 6.62. The molecule has 2 fully saturated rings. The minimum atomic E-state index is -0.280. The van der Waals surface area contributed by atoms with Gasteiger partial charge in [0.25, 0.3) is 5.69 Å². The third-order valence-electron chi connectivity index (χ3n) is 5.63. The molecule has 1 aromatic rings. The van der Waals surface area contributed by atoms with Gasteiger partial charge >= 0.3 is 0 Å². The predicted molar refractivity (Wildman–Crippen MR) is 73.4 cm³/mol. The Kier molecular flexibility index (Phi) is 2.07. The van der Waals surface area contributed by atoms with Gasteiger partial charge in [0, 0.05) is 29.8 Å². The maximum atomic E-state index is 11.0. The Morgan fingerprint density at radius 1 is 1.11 bits per heavy atom. The number of benzene rings is 1. The average Bonchev–Trinajstić information content (AvgIpc) is 3.10. The first kappa shape index (κ1) is 11.3. The maximum absolute atomic E-state index is 11.0. The van der Waals surface area contributed by atoms with Crippen LogP contribution in [0.5, 0.6) is 0 Å². The summed E-state index contributed by atoms with van der Waals surface area (Å²) in [6.07, 6.45) is 7.78. The molecule has 0 saturated heterocycles. The second kappa shape index (κ2) is 3.50. The molecule has 3 aliphatic rings. The van der Waals surface area contributed by atoms with Gasteiger partial charge in [0.1, 0.15) is 0 Å². The number of nitro benzene ring substituents is 1. The summed E-state index contributed by atoms with van der Waals surface area (Å²) in [5.41, 5.74) is 3.35. The van der Waals surface area contributed by atoms with Gasteiger partial charge in [-0.1, -0.05) is 0 Å². The summed E-state index contributed by atoms with van der Waals surface area (Å²) in [6, 6.07) is 5.29. The summed E-state index contributed by atoms with van der Waals surface area (Å²) in [5.74, 6) is 0. The van der Waals surface area contributed by atoms with E-state index in [9.17, 15) is 10.1 Å². The fourth-order valence-corrected chi connectivity index (χ4v) is 3.98. The number of non-ortho nitro benzene ring substituents is 1. The van der Waals surface area contributed by atoms with E-state index < -0.39 is 0 Å². The predicted octanol–water partition coefficient (Wildman–Crippen LogP) is 3.61. The number of nitrogens with one attached hydrogen (secondary N) is 1. The highest BCUT2D eigenvalue weighted by Crippen LogP contribution is 2.61. The minimum Gasteiger partial charge on any atom is -0.384 e. The lowest BCUT2D eigenvalue weighted by atomic mass is 9.66. The Balaban J connectivity index is 1.70. The number of fused-ring (bicyclic) bond motifs is 2. The summed E-state index contributed by atoms with van der Waals surface area (Å²) in [5, 5.41) is 14.4. The molecule has 2 aliphatic carbocycles. The zero-order valence-corrected chi connectivity index (χ0v) is 10.9. The number of nitro groups is 1. The van der Waals surface area contributed by atoms with E-state index in [1.165, 1.54) is 44.1 Å². The fourth-order valence-electron chi connectivity index (χ4n) is 3.98. The first-order chi connectivity index (χ1) is 9.13. The van der Waals surface area contributed by atoms with Gasteiger partial charge in [-0.2, -0.15) is 0 Å². The van der Waals surface area contributed by atoms with Crippen LogP contribution in [0.15, 0.2) is 18.2 Å². The van der Waals surface area contributed by atoms with Crippen LogP contribution in [-0.2, 0) is 5.41 Å². The van der Waals surface area contributed by atoms with Gasteiger partial charge in [-0.3, -0.25) is 10.1 Å². The number of hydrogen-bond donors (Lipinski definition) is 1. The zero-order valence-electron chi connectivity index (χ0n) is 10.9. The van der Waals surface area contributed by atoms with Gasteiger partial charge in [0.15, 0.2) is 0 Å². The lowest BCUT2D eigenvalue weighted by Gasteiger charge is -2.37. The number of hydrogen-bond acceptors (Lipinski definition) is 3. The second-order valence-electron chi connectivity index (χ2n) is 6.62. The minimum absolute atomic E-state index is 0.162. The first-order valence-electron chi connectivity index (χ1n) is 7.16. The van der Waals surface area contributed by atoms with E-state index >= 15 is 0 Å². The molecule has 0 bridgehead atoms. The van der Waals surface area contributed by atoms with Crippen molar-refractivity contribution < 1.29 is 4.92 Å². The van der Waals surface area contributed by atoms with Crippen LogP contribution in [-0.4, -0.2) is 11.5 Å². The molecular weight excluding hydrogens is 240 g/mol. The molecule has 0 aromatic heterocycles. The molecule has 0 amide bonds. The molecule has 0 radical (unpaired) electrons. The lowest BCUT2D eigenvalue weighted by molar-refractivity contribution is -0.384. The van der Waals surface area contributed by atoms with E-state index in [1.807, 2.05) is 6.07 Å². The molecule has 2 saturated carbocycles. The SMILES string of the molecule is O=[N+]([O-])c1ccc2c(c1)C1(CCC3(CC3)CC1)CN2. The molecule has 4 heteroatoms. The summed E-state index contributed by atoms with van der Waals surface area (Å²) in [6.45, 7) is 0.958. The van der Waals surface area contributed by atoms with Crippen LogP contribution in [0, 0.1) is 15.5 Å². The fraction of sp³-hybridized carbons (Fsp3) is 0.600. The first-order valence-corrected chi connectivity index (χ1v) is 7.16. The van der Waals surface area contributed by atoms with Gasteiger partial charge in [0.05, 0.1) is 4.92 Å².